The highest BCUT2D eigenvalue weighted by atomic mass is 16.2. The number of carbonyl (C=O) groups is 1. The molecule has 1 saturated heterocycles. The third kappa shape index (κ3) is 2.64. The Morgan fingerprint density at radius 3 is 2.83 bits per heavy atom. The molecule has 0 aliphatic carbocycles. The molecule has 2 aromatic heterocycles. The summed E-state index contributed by atoms with van der Waals surface area (Å²) >= 11 is 0. The molecule has 0 spiro atoms. The zero-order valence-corrected chi connectivity index (χ0v) is 14.2. The summed E-state index contributed by atoms with van der Waals surface area (Å²) in [5.41, 5.74) is 5.94. The molecule has 24 heavy (non-hydrogen) atoms. The summed E-state index contributed by atoms with van der Waals surface area (Å²) in [5, 5.41) is 0. The minimum absolute atomic E-state index is 0.263. The number of pyridine rings is 2. The van der Waals surface area contributed by atoms with Crippen LogP contribution in [0.3, 0.4) is 0 Å². The number of nitrogens with zero attached hydrogens (tertiary/aromatic N) is 4. The van der Waals surface area contributed by atoms with E-state index in [2.05, 4.69) is 27.9 Å². The van der Waals surface area contributed by atoms with E-state index in [1.165, 1.54) is 16.7 Å². The molecule has 2 aliphatic rings. The van der Waals surface area contributed by atoms with Gasteiger partial charge in [0.2, 0.25) is 5.91 Å². The Morgan fingerprint density at radius 2 is 2.08 bits per heavy atom. The van der Waals surface area contributed by atoms with Crippen LogP contribution in [0.2, 0.25) is 0 Å². The molecule has 1 amide bonds. The van der Waals surface area contributed by atoms with Gasteiger partial charge in [-0.15, -0.1) is 0 Å². The van der Waals surface area contributed by atoms with E-state index in [-0.39, 0.29) is 5.91 Å². The largest absolute Gasteiger partial charge is 0.370 e. The number of anilines is 1. The Kier molecular flexibility index (Phi) is 3.71. The summed E-state index contributed by atoms with van der Waals surface area (Å²) < 4.78 is 0. The monoisotopic (exact) mass is 322 g/mol. The first-order chi connectivity index (χ1) is 11.6. The molecule has 0 saturated carbocycles. The molecule has 2 aromatic rings. The summed E-state index contributed by atoms with van der Waals surface area (Å²) in [6.45, 7) is 7.47. The summed E-state index contributed by atoms with van der Waals surface area (Å²) in [6.07, 6.45) is 6.23. The van der Waals surface area contributed by atoms with E-state index >= 15 is 0 Å². The lowest BCUT2D eigenvalue weighted by Gasteiger charge is -2.41. The number of aryl methyl sites for hydroxylation is 1. The normalized spacial score (nSPS) is 16.9. The predicted molar refractivity (Wildman–Crippen MR) is 92.5 cm³/mol. The molecule has 0 atom stereocenters. The van der Waals surface area contributed by atoms with Gasteiger partial charge in [-0.3, -0.25) is 14.8 Å². The smallest absolute Gasteiger partial charge is 0.223 e. The van der Waals surface area contributed by atoms with E-state index in [9.17, 15) is 4.79 Å². The van der Waals surface area contributed by atoms with Crippen molar-refractivity contribution < 1.29 is 4.79 Å². The molecule has 4 rings (SSSR count). The topological polar surface area (TPSA) is 49.3 Å². The summed E-state index contributed by atoms with van der Waals surface area (Å²) in [6, 6.07) is 4.02. The average molecular weight is 322 g/mol. The van der Waals surface area contributed by atoms with Gasteiger partial charge in [0.1, 0.15) is 0 Å². The van der Waals surface area contributed by atoms with Gasteiger partial charge in [-0.05, 0) is 42.7 Å². The fourth-order valence-electron chi connectivity index (χ4n) is 3.62. The maximum Gasteiger partial charge on any atom is 0.223 e. The molecular formula is C19H22N4O. The Balaban J connectivity index is 1.33. The van der Waals surface area contributed by atoms with Crippen LogP contribution in [0.25, 0.3) is 0 Å². The lowest BCUT2D eigenvalue weighted by molar-refractivity contribution is -0.133. The third-order valence-corrected chi connectivity index (χ3v) is 5.29. The molecule has 5 nitrogen and oxygen atoms in total. The number of rotatable bonds is 3. The van der Waals surface area contributed by atoms with Gasteiger partial charge in [-0.25, -0.2) is 0 Å². The summed E-state index contributed by atoms with van der Waals surface area (Å²) in [4.78, 5) is 25.5. The van der Waals surface area contributed by atoms with Crippen molar-refractivity contribution in [1.82, 2.24) is 14.9 Å². The molecule has 0 aromatic carbocycles. The Hall–Kier alpha value is -2.43. The van der Waals surface area contributed by atoms with Crippen LogP contribution in [-0.4, -0.2) is 33.9 Å². The van der Waals surface area contributed by atoms with Crippen molar-refractivity contribution in [3.63, 3.8) is 0 Å². The number of hydrogen-bond acceptors (Lipinski definition) is 4. The van der Waals surface area contributed by atoms with Crippen molar-refractivity contribution in [3.8, 4) is 0 Å². The highest BCUT2D eigenvalue weighted by Crippen LogP contribution is 2.30. The van der Waals surface area contributed by atoms with E-state index in [0.717, 1.165) is 31.0 Å². The second kappa shape index (κ2) is 5.89. The highest BCUT2D eigenvalue weighted by molar-refractivity contribution is 5.77. The highest BCUT2D eigenvalue weighted by Gasteiger charge is 2.32. The molecule has 0 radical (unpaired) electrons. The number of amides is 1. The van der Waals surface area contributed by atoms with E-state index < -0.39 is 0 Å². The quantitative estimate of drug-likeness (QED) is 0.871. The van der Waals surface area contributed by atoms with Gasteiger partial charge in [0.25, 0.3) is 0 Å². The van der Waals surface area contributed by atoms with Crippen LogP contribution in [0.4, 0.5) is 5.69 Å². The standard InChI is InChI=1S/C19H22N4O/c1-13-14(2)21-7-16-11-23(12-18(13)16)19(24)6-15-9-22(10-15)17-4-3-5-20-8-17/h3-5,7-8,15H,6,9-12H2,1-2H3. The van der Waals surface area contributed by atoms with Crippen molar-refractivity contribution in [2.45, 2.75) is 33.4 Å². The first-order valence-corrected chi connectivity index (χ1v) is 8.48. The van der Waals surface area contributed by atoms with Gasteiger partial charge in [0, 0.05) is 56.6 Å². The first-order valence-electron chi connectivity index (χ1n) is 8.48. The molecule has 0 N–H and O–H groups in total. The van der Waals surface area contributed by atoms with Crippen LogP contribution in [0.15, 0.2) is 30.7 Å². The van der Waals surface area contributed by atoms with E-state index in [1.54, 1.807) is 6.20 Å². The van der Waals surface area contributed by atoms with E-state index in [4.69, 9.17) is 0 Å². The minimum atomic E-state index is 0.263. The van der Waals surface area contributed by atoms with Crippen LogP contribution in [0, 0.1) is 19.8 Å². The Morgan fingerprint density at radius 1 is 1.25 bits per heavy atom. The zero-order chi connectivity index (χ0) is 16.7. The number of carbonyl (C=O) groups excluding carboxylic acids is 1. The summed E-state index contributed by atoms with van der Waals surface area (Å²) in [7, 11) is 0. The van der Waals surface area contributed by atoms with Gasteiger partial charge in [0.15, 0.2) is 0 Å². The lowest BCUT2D eigenvalue weighted by atomic mass is 9.95. The van der Waals surface area contributed by atoms with Crippen LogP contribution in [0.5, 0.6) is 0 Å². The van der Waals surface area contributed by atoms with Crippen molar-refractivity contribution in [1.29, 1.82) is 0 Å². The van der Waals surface area contributed by atoms with Crippen molar-refractivity contribution in [3.05, 3.63) is 53.1 Å². The maximum atomic E-state index is 12.6. The maximum absolute atomic E-state index is 12.6. The SMILES string of the molecule is Cc1ncc2c(c1C)CN(C(=O)CC1CN(c3cccnc3)C1)C2. The second-order valence-corrected chi connectivity index (χ2v) is 6.91. The molecule has 124 valence electrons. The van der Waals surface area contributed by atoms with Crippen LogP contribution < -0.4 is 4.90 Å². The van der Waals surface area contributed by atoms with Gasteiger partial charge < -0.3 is 9.80 Å². The molecule has 2 aliphatic heterocycles. The van der Waals surface area contributed by atoms with Crippen molar-refractivity contribution in [2.75, 3.05) is 18.0 Å². The number of fused-ring (bicyclic) bond motifs is 1. The average Bonchev–Trinajstić information content (AvgIpc) is 3.00. The van der Waals surface area contributed by atoms with Crippen LogP contribution in [-0.2, 0) is 17.9 Å². The zero-order valence-electron chi connectivity index (χ0n) is 14.2. The fourth-order valence-corrected chi connectivity index (χ4v) is 3.62. The van der Waals surface area contributed by atoms with Crippen molar-refractivity contribution >= 4 is 11.6 Å². The Bertz CT molecular complexity index is 768. The van der Waals surface area contributed by atoms with Gasteiger partial charge in [-0.1, -0.05) is 0 Å². The van der Waals surface area contributed by atoms with Gasteiger partial charge in [0.05, 0.1) is 11.9 Å². The summed E-state index contributed by atoms with van der Waals surface area (Å²) in [5.74, 6) is 0.710. The lowest BCUT2D eigenvalue weighted by Crippen LogP contribution is -2.48. The molecule has 0 unspecified atom stereocenters. The fraction of sp³-hybridized carbons (Fsp3) is 0.421. The van der Waals surface area contributed by atoms with E-state index in [1.807, 2.05) is 30.3 Å². The molecule has 1 fully saturated rings. The molecule has 4 heterocycles. The van der Waals surface area contributed by atoms with Crippen LogP contribution >= 0.6 is 0 Å². The van der Waals surface area contributed by atoms with E-state index in [0.29, 0.717) is 18.9 Å². The molecular weight excluding hydrogens is 300 g/mol. The number of hydrogen-bond donors (Lipinski definition) is 0. The third-order valence-electron chi connectivity index (χ3n) is 5.29. The number of aromatic nitrogens is 2. The first kappa shape index (κ1) is 15.1. The Labute approximate surface area is 142 Å². The van der Waals surface area contributed by atoms with Crippen LogP contribution in [0.1, 0.15) is 28.8 Å². The van der Waals surface area contributed by atoms with Gasteiger partial charge in [-0.2, -0.15) is 0 Å². The van der Waals surface area contributed by atoms with Gasteiger partial charge >= 0.3 is 0 Å². The molecule has 5 heteroatoms. The minimum Gasteiger partial charge on any atom is -0.370 e. The predicted octanol–water partition coefficient (Wildman–Crippen LogP) is 2.46. The second-order valence-electron chi connectivity index (χ2n) is 6.91. The van der Waals surface area contributed by atoms with Crippen molar-refractivity contribution in [2.24, 2.45) is 5.92 Å². The molecule has 0 bridgehead atoms.